The predicted molar refractivity (Wildman–Crippen MR) is 94.9 cm³/mol. The second kappa shape index (κ2) is 7.99. The van der Waals surface area contributed by atoms with Gasteiger partial charge < -0.3 is 14.9 Å². The minimum Gasteiger partial charge on any atom is -0.481 e. The second-order valence-corrected chi connectivity index (χ2v) is 8.87. The Morgan fingerprint density at radius 1 is 0.875 bits per heavy atom. The Morgan fingerprint density at radius 3 is 2.12 bits per heavy atom. The molecule has 0 spiro atoms. The summed E-state index contributed by atoms with van der Waals surface area (Å²) in [5.74, 6) is 2.15. The number of nitrogens with zero attached hydrogens (tertiary/aromatic N) is 2. The molecule has 6 nitrogen and oxygen atoms in total. The van der Waals surface area contributed by atoms with Crippen LogP contribution < -0.4 is 0 Å². The molecule has 1 aliphatic carbocycles. The fourth-order valence-electron chi connectivity index (χ4n) is 3.68. The molecule has 2 amide bonds. The van der Waals surface area contributed by atoms with Crippen LogP contribution in [0.2, 0.25) is 0 Å². The van der Waals surface area contributed by atoms with E-state index < -0.39 is 5.97 Å². The van der Waals surface area contributed by atoms with E-state index in [1.54, 1.807) is 16.7 Å². The third kappa shape index (κ3) is 3.85. The highest BCUT2D eigenvalue weighted by Crippen LogP contribution is 2.33. The van der Waals surface area contributed by atoms with Crippen LogP contribution in [0.5, 0.6) is 0 Å². The van der Waals surface area contributed by atoms with E-state index in [4.69, 9.17) is 5.11 Å². The van der Waals surface area contributed by atoms with Crippen LogP contribution in [-0.2, 0) is 14.4 Å². The average molecular weight is 373 g/mol. The highest BCUT2D eigenvalue weighted by Gasteiger charge is 2.40. The molecule has 3 rings (SSSR count). The van der Waals surface area contributed by atoms with E-state index in [0.29, 0.717) is 37.3 Å². The van der Waals surface area contributed by atoms with Crippen LogP contribution in [0.1, 0.15) is 25.7 Å². The van der Waals surface area contributed by atoms with Crippen molar-refractivity contribution in [2.75, 3.05) is 36.2 Å². The summed E-state index contributed by atoms with van der Waals surface area (Å²) in [6.07, 6.45) is 2.37. The van der Waals surface area contributed by atoms with E-state index in [1.165, 1.54) is 0 Å². The number of thioether (sulfide) groups is 2. The Kier molecular flexibility index (Phi) is 5.97. The van der Waals surface area contributed by atoms with Crippen LogP contribution >= 0.6 is 23.5 Å². The first-order valence-electron chi connectivity index (χ1n) is 8.55. The van der Waals surface area contributed by atoms with Crippen molar-refractivity contribution in [2.45, 2.75) is 31.7 Å². The molecule has 0 aromatic heterocycles. The number of aliphatic carboxylic acids is 1. The number of hydrogen-bond acceptors (Lipinski definition) is 5. The molecule has 0 bridgehead atoms. The number of carbonyl (C=O) groups excluding carboxylic acids is 2. The lowest BCUT2D eigenvalue weighted by atomic mass is 9.81. The normalized spacial score (nSPS) is 31.1. The number of amides is 2. The van der Waals surface area contributed by atoms with Gasteiger partial charge in [0.25, 0.3) is 0 Å². The van der Waals surface area contributed by atoms with Crippen LogP contribution in [0.4, 0.5) is 0 Å². The zero-order valence-corrected chi connectivity index (χ0v) is 15.3. The van der Waals surface area contributed by atoms with Crippen molar-refractivity contribution in [3.63, 3.8) is 0 Å². The molecule has 1 N–H and O–H groups in total. The average Bonchev–Trinajstić information content (AvgIpc) is 3.11. The van der Waals surface area contributed by atoms with Gasteiger partial charge in [-0.15, -0.1) is 11.8 Å². The van der Waals surface area contributed by atoms with Crippen molar-refractivity contribution in [2.24, 2.45) is 11.8 Å². The van der Waals surface area contributed by atoms with E-state index >= 15 is 0 Å². The van der Waals surface area contributed by atoms with Crippen molar-refractivity contribution in [3.05, 3.63) is 0 Å². The summed E-state index contributed by atoms with van der Waals surface area (Å²) >= 11 is 3.50. The molecule has 1 saturated carbocycles. The maximum atomic E-state index is 12.9. The van der Waals surface area contributed by atoms with Gasteiger partial charge in [0.1, 0.15) is 6.04 Å². The van der Waals surface area contributed by atoms with Crippen LogP contribution in [0.15, 0.2) is 0 Å². The van der Waals surface area contributed by atoms with Crippen molar-refractivity contribution < 1.29 is 19.5 Å². The largest absolute Gasteiger partial charge is 0.481 e. The van der Waals surface area contributed by atoms with Crippen LogP contribution in [0, 0.1) is 11.8 Å². The predicted octanol–water partition coefficient (Wildman–Crippen LogP) is 1.35. The summed E-state index contributed by atoms with van der Waals surface area (Å²) in [5.41, 5.74) is 0. The number of carboxylic acid groups (broad SMARTS) is 1. The third-order valence-corrected chi connectivity index (χ3v) is 7.15. The van der Waals surface area contributed by atoms with Crippen LogP contribution in [-0.4, -0.2) is 75.0 Å². The Hall–Kier alpha value is -0.890. The number of carbonyl (C=O) groups is 3. The lowest BCUT2D eigenvalue weighted by Crippen LogP contribution is -2.52. The molecular formula is C16H24N2O4S2. The van der Waals surface area contributed by atoms with E-state index in [9.17, 15) is 14.4 Å². The fraction of sp³-hybridized carbons (Fsp3) is 0.812. The maximum Gasteiger partial charge on any atom is 0.306 e. The molecule has 2 heterocycles. The van der Waals surface area contributed by atoms with E-state index in [-0.39, 0.29) is 29.7 Å². The fourth-order valence-corrected chi connectivity index (χ4v) is 5.74. The molecule has 3 aliphatic rings. The van der Waals surface area contributed by atoms with E-state index in [1.807, 2.05) is 16.7 Å². The van der Waals surface area contributed by atoms with Crippen LogP contribution in [0.3, 0.4) is 0 Å². The summed E-state index contributed by atoms with van der Waals surface area (Å²) in [7, 11) is 0. The van der Waals surface area contributed by atoms with Crippen molar-refractivity contribution in [3.8, 4) is 0 Å². The van der Waals surface area contributed by atoms with Gasteiger partial charge in [-0.1, -0.05) is 0 Å². The van der Waals surface area contributed by atoms with Gasteiger partial charge in [-0.05, 0) is 25.7 Å². The zero-order valence-electron chi connectivity index (χ0n) is 13.7. The zero-order chi connectivity index (χ0) is 17.1. The van der Waals surface area contributed by atoms with Gasteiger partial charge in [0.15, 0.2) is 0 Å². The first-order valence-corrected chi connectivity index (χ1v) is 10.9. The molecule has 134 valence electrons. The number of rotatable bonds is 3. The van der Waals surface area contributed by atoms with Crippen molar-refractivity contribution in [1.29, 1.82) is 0 Å². The molecular weight excluding hydrogens is 348 g/mol. The molecule has 1 unspecified atom stereocenters. The third-order valence-electron chi connectivity index (χ3n) is 5.20. The smallest absolute Gasteiger partial charge is 0.306 e. The van der Waals surface area contributed by atoms with Gasteiger partial charge in [-0.25, -0.2) is 0 Å². The first kappa shape index (κ1) is 17.9. The SMILES string of the molecule is O=C(O)C1CCC(C(=O)N2CSCC2C(=O)N2CCSCC2)CC1. The Bertz CT molecular complexity index is 502. The standard InChI is InChI=1S/C16H24N2O4S2/c19-14(11-1-3-12(4-2-11)16(21)22)18-10-24-9-13(18)15(20)17-5-7-23-8-6-17/h11-13H,1-10H2,(H,21,22). The highest BCUT2D eigenvalue weighted by atomic mass is 32.2. The summed E-state index contributed by atoms with van der Waals surface area (Å²) in [5, 5.41) is 9.08. The minimum atomic E-state index is -0.756. The van der Waals surface area contributed by atoms with Gasteiger partial charge in [-0.2, -0.15) is 11.8 Å². The molecule has 24 heavy (non-hydrogen) atoms. The second-order valence-electron chi connectivity index (χ2n) is 6.65. The lowest BCUT2D eigenvalue weighted by Gasteiger charge is -2.34. The van der Waals surface area contributed by atoms with E-state index in [0.717, 1.165) is 24.6 Å². The molecule has 2 saturated heterocycles. The van der Waals surface area contributed by atoms with Gasteiger partial charge in [0.05, 0.1) is 11.8 Å². The quantitative estimate of drug-likeness (QED) is 0.806. The monoisotopic (exact) mass is 372 g/mol. The first-order chi connectivity index (χ1) is 11.6. The van der Waals surface area contributed by atoms with E-state index in [2.05, 4.69) is 0 Å². The van der Waals surface area contributed by atoms with Gasteiger partial charge >= 0.3 is 5.97 Å². The van der Waals surface area contributed by atoms with Crippen molar-refractivity contribution in [1.82, 2.24) is 9.80 Å². The van der Waals surface area contributed by atoms with Gasteiger partial charge in [0.2, 0.25) is 11.8 Å². The molecule has 1 atom stereocenters. The lowest BCUT2D eigenvalue weighted by molar-refractivity contribution is -0.148. The molecule has 3 fully saturated rings. The topological polar surface area (TPSA) is 77.9 Å². The summed E-state index contributed by atoms with van der Waals surface area (Å²) in [4.78, 5) is 40.3. The molecule has 2 aliphatic heterocycles. The minimum absolute atomic E-state index is 0.0496. The van der Waals surface area contributed by atoms with Gasteiger partial charge in [0, 0.05) is 36.3 Å². The number of hydrogen-bond donors (Lipinski definition) is 1. The summed E-state index contributed by atoms with van der Waals surface area (Å²) in [6.45, 7) is 1.55. The number of carboxylic acids is 1. The summed E-state index contributed by atoms with van der Waals surface area (Å²) < 4.78 is 0. The Labute approximate surface area is 150 Å². The molecule has 0 aromatic rings. The molecule has 0 aromatic carbocycles. The Morgan fingerprint density at radius 2 is 1.50 bits per heavy atom. The summed E-state index contributed by atoms with van der Waals surface area (Å²) in [6, 6.07) is -0.331. The maximum absolute atomic E-state index is 12.9. The molecule has 0 radical (unpaired) electrons. The molecule has 8 heteroatoms. The Balaban J connectivity index is 1.59. The van der Waals surface area contributed by atoms with Gasteiger partial charge in [-0.3, -0.25) is 14.4 Å². The van der Waals surface area contributed by atoms with Crippen LogP contribution in [0.25, 0.3) is 0 Å². The van der Waals surface area contributed by atoms with Crippen molar-refractivity contribution >= 4 is 41.3 Å². The highest BCUT2D eigenvalue weighted by molar-refractivity contribution is 7.99.